The molecule has 0 atom stereocenters. The second-order valence-corrected chi connectivity index (χ2v) is 10.6. The Labute approximate surface area is 243 Å². The molecule has 3 aromatic heterocycles. The Morgan fingerprint density at radius 1 is 0.878 bits per heavy atom. The smallest absolute Gasteiger partial charge is 0.263 e. The molecule has 1 aliphatic rings. The highest BCUT2D eigenvalue weighted by Crippen LogP contribution is 2.40. The van der Waals surface area contributed by atoms with Crippen molar-refractivity contribution < 1.29 is 0 Å². The van der Waals surface area contributed by atoms with Crippen molar-refractivity contribution >= 4 is 27.6 Å². The van der Waals surface area contributed by atoms with Gasteiger partial charge in [0.05, 0.1) is 22.3 Å². The second-order valence-electron chi connectivity index (χ2n) is 10.6. The number of anilines is 1. The van der Waals surface area contributed by atoms with Crippen molar-refractivity contribution in [2.75, 3.05) is 5.73 Å². The molecule has 2 N–H and O–H groups in total. The number of rotatable bonds is 4. The van der Waals surface area contributed by atoms with Gasteiger partial charge in [-0.15, -0.1) is 0 Å². The number of hydrogen-bond acceptors (Lipinski definition) is 5. The van der Waals surface area contributed by atoms with E-state index in [2.05, 4.69) is 24.9 Å². The number of hydrogen-bond donors (Lipinski definition) is 1. The van der Waals surface area contributed by atoms with Crippen LogP contribution in [0.5, 0.6) is 0 Å². The van der Waals surface area contributed by atoms with Gasteiger partial charge in [-0.2, -0.15) is 5.10 Å². The molecule has 1 aliphatic carbocycles. The summed E-state index contributed by atoms with van der Waals surface area (Å²) in [4.78, 5) is 23.3. The molecule has 5 aromatic rings. The number of pyridine rings is 1. The molecule has 0 unspecified atom stereocenters. The number of aryl methyl sites for hydroxylation is 1. The minimum absolute atomic E-state index is 0.0540. The maximum Gasteiger partial charge on any atom is 0.263 e. The molecule has 7 heteroatoms. The number of benzene rings is 2. The third-order valence-corrected chi connectivity index (χ3v) is 7.78. The van der Waals surface area contributed by atoms with Crippen molar-refractivity contribution in [3.63, 3.8) is 0 Å². The van der Waals surface area contributed by atoms with Crippen LogP contribution >= 0.6 is 0 Å². The summed E-state index contributed by atoms with van der Waals surface area (Å²) in [7, 11) is 0. The van der Waals surface area contributed by atoms with Gasteiger partial charge >= 0.3 is 0 Å². The third-order valence-electron chi connectivity index (χ3n) is 7.78. The summed E-state index contributed by atoms with van der Waals surface area (Å²) in [5, 5.41) is 7.66. The quantitative estimate of drug-likeness (QED) is 0.245. The lowest BCUT2D eigenvalue weighted by Gasteiger charge is -2.30. The largest absolute Gasteiger partial charge is 0.383 e. The first kappa shape index (κ1) is 30.0. The molecule has 0 amide bonds. The SMILES string of the molecule is CC.CC.Cc1nc(N)c2c(C3CCCCC3)nn(C(C)(C)c3cc4ccccc4c(=O)n3-c3ccccc3)c2n1. The first-order chi connectivity index (χ1) is 19.9. The van der Waals surface area contributed by atoms with E-state index in [1.807, 2.05) is 98.5 Å². The molecule has 7 nitrogen and oxygen atoms in total. The zero-order chi connectivity index (χ0) is 29.7. The average Bonchev–Trinajstić information content (AvgIpc) is 3.41. The van der Waals surface area contributed by atoms with Gasteiger partial charge in [0, 0.05) is 17.0 Å². The van der Waals surface area contributed by atoms with E-state index in [4.69, 9.17) is 15.8 Å². The van der Waals surface area contributed by atoms with Crippen molar-refractivity contribution in [1.29, 1.82) is 0 Å². The van der Waals surface area contributed by atoms with Crippen molar-refractivity contribution in [2.45, 2.75) is 92.0 Å². The Hall–Kier alpha value is -4.00. The van der Waals surface area contributed by atoms with Crippen LogP contribution in [-0.4, -0.2) is 24.3 Å². The van der Waals surface area contributed by atoms with Gasteiger partial charge in [-0.3, -0.25) is 9.36 Å². The van der Waals surface area contributed by atoms with E-state index in [1.54, 1.807) is 0 Å². The van der Waals surface area contributed by atoms with E-state index < -0.39 is 5.54 Å². The van der Waals surface area contributed by atoms with Crippen LogP contribution in [0.4, 0.5) is 5.82 Å². The van der Waals surface area contributed by atoms with Crippen LogP contribution in [0.2, 0.25) is 0 Å². The number of para-hydroxylation sites is 1. The molecule has 41 heavy (non-hydrogen) atoms. The molecule has 1 saturated carbocycles. The Balaban J connectivity index is 0.000000929. The molecule has 0 radical (unpaired) electrons. The number of nitrogens with zero attached hydrogens (tertiary/aromatic N) is 5. The molecule has 1 fully saturated rings. The van der Waals surface area contributed by atoms with Crippen LogP contribution in [0.25, 0.3) is 27.5 Å². The van der Waals surface area contributed by atoms with E-state index in [0.29, 0.717) is 22.9 Å². The number of nitrogen functional groups attached to an aromatic ring is 1. The molecule has 3 heterocycles. The number of nitrogens with two attached hydrogens (primary N) is 1. The number of aromatic nitrogens is 5. The molecule has 0 saturated heterocycles. The van der Waals surface area contributed by atoms with Gasteiger partial charge in [0.15, 0.2) is 5.65 Å². The van der Waals surface area contributed by atoms with Crippen LogP contribution in [0.15, 0.2) is 65.5 Å². The predicted octanol–water partition coefficient (Wildman–Crippen LogP) is 7.90. The summed E-state index contributed by atoms with van der Waals surface area (Å²) in [6, 6.07) is 19.7. The normalized spacial score (nSPS) is 13.8. The fraction of sp³-hybridized carbons (Fsp3) is 0.412. The number of fused-ring (bicyclic) bond motifs is 2. The lowest BCUT2D eigenvalue weighted by molar-refractivity contribution is 0.369. The van der Waals surface area contributed by atoms with Gasteiger partial charge in [-0.1, -0.05) is 83.4 Å². The Kier molecular flexibility index (Phi) is 9.26. The summed E-state index contributed by atoms with van der Waals surface area (Å²) < 4.78 is 3.79. The average molecular weight is 553 g/mol. The highest BCUT2D eigenvalue weighted by atomic mass is 16.1. The molecule has 0 aliphatic heterocycles. The van der Waals surface area contributed by atoms with Crippen molar-refractivity contribution in [1.82, 2.24) is 24.3 Å². The van der Waals surface area contributed by atoms with E-state index in [0.717, 1.165) is 46.3 Å². The molecule has 6 rings (SSSR count). The molecular weight excluding hydrogens is 508 g/mol. The van der Waals surface area contributed by atoms with Crippen LogP contribution < -0.4 is 11.3 Å². The highest BCUT2D eigenvalue weighted by Gasteiger charge is 2.34. The zero-order valence-electron chi connectivity index (χ0n) is 25.6. The summed E-state index contributed by atoms with van der Waals surface area (Å²) in [6.45, 7) is 14.1. The summed E-state index contributed by atoms with van der Waals surface area (Å²) >= 11 is 0. The summed E-state index contributed by atoms with van der Waals surface area (Å²) in [5.41, 5.74) is 9.09. The summed E-state index contributed by atoms with van der Waals surface area (Å²) in [6.07, 6.45) is 5.81. The van der Waals surface area contributed by atoms with Crippen molar-refractivity contribution in [3.8, 4) is 5.69 Å². The Morgan fingerprint density at radius 3 is 2.20 bits per heavy atom. The standard InChI is InChI=1S/C30H32N6O.2C2H6/c1-19-32-27(31)25-26(20-12-6-4-7-13-20)34-36(28(25)33-19)30(2,3)24-18-21-14-10-11-17-23(21)29(37)35(24)22-15-8-5-9-16-22;2*1-2/h5,8-11,14-18,20H,4,6-7,12-13H2,1-3H3,(H2,31,32,33);2*1-2H3. The Morgan fingerprint density at radius 2 is 1.51 bits per heavy atom. The second kappa shape index (κ2) is 12.7. The van der Waals surface area contributed by atoms with E-state index in [-0.39, 0.29) is 5.56 Å². The maximum absolute atomic E-state index is 13.9. The van der Waals surface area contributed by atoms with Gasteiger partial charge in [0.1, 0.15) is 11.6 Å². The fourth-order valence-electron chi connectivity index (χ4n) is 5.89. The van der Waals surface area contributed by atoms with Gasteiger partial charge in [0.2, 0.25) is 0 Å². The van der Waals surface area contributed by atoms with Crippen LogP contribution in [0.3, 0.4) is 0 Å². The Bertz CT molecular complexity index is 1680. The fourth-order valence-corrected chi connectivity index (χ4v) is 5.89. The van der Waals surface area contributed by atoms with Crippen molar-refractivity contribution in [3.05, 3.63) is 88.2 Å². The van der Waals surface area contributed by atoms with Gasteiger partial charge in [0.25, 0.3) is 5.56 Å². The molecule has 2 aromatic carbocycles. The molecular formula is C34H44N6O. The third kappa shape index (κ3) is 5.50. The van der Waals surface area contributed by atoms with Crippen LogP contribution in [0.1, 0.15) is 96.8 Å². The first-order valence-corrected chi connectivity index (χ1v) is 15.1. The van der Waals surface area contributed by atoms with Gasteiger partial charge in [-0.25, -0.2) is 14.6 Å². The van der Waals surface area contributed by atoms with Crippen LogP contribution in [0, 0.1) is 6.92 Å². The van der Waals surface area contributed by atoms with E-state index in [9.17, 15) is 4.79 Å². The monoisotopic (exact) mass is 552 g/mol. The van der Waals surface area contributed by atoms with Gasteiger partial charge in [-0.05, 0) is 63.3 Å². The lowest BCUT2D eigenvalue weighted by Crippen LogP contribution is -2.36. The molecule has 216 valence electrons. The first-order valence-electron chi connectivity index (χ1n) is 15.1. The van der Waals surface area contributed by atoms with E-state index in [1.165, 1.54) is 19.3 Å². The van der Waals surface area contributed by atoms with Crippen molar-refractivity contribution in [2.24, 2.45) is 0 Å². The minimum atomic E-state index is -0.725. The summed E-state index contributed by atoms with van der Waals surface area (Å²) in [5.74, 6) is 1.41. The topological polar surface area (TPSA) is 91.6 Å². The van der Waals surface area contributed by atoms with Gasteiger partial charge < -0.3 is 5.73 Å². The minimum Gasteiger partial charge on any atom is -0.383 e. The maximum atomic E-state index is 13.9. The highest BCUT2D eigenvalue weighted by molar-refractivity contribution is 5.89. The van der Waals surface area contributed by atoms with E-state index >= 15 is 0 Å². The molecule has 0 bridgehead atoms. The predicted molar refractivity (Wildman–Crippen MR) is 171 cm³/mol. The lowest BCUT2D eigenvalue weighted by atomic mass is 9.86. The zero-order valence-corrected chi connectivity index (χ0v) is 25.6. The van der Waals surface area contributed by atoms with Crippen LogP contribution in [-0.2, 0) is 5.54 Å². The molecule has 0 spiro atoms.